The van der Waals surface area contributed by atoms with E-state index in [-0.39, 0.29) is 18.2 Å². The lowest BCUT2D eigenvalue weighted by Gasteiger charge is -2.51. The summed E-state index contributed by atoms with van der Waals surface area (Å²) in [6.07, 6.45) is 1.28. The van der Waals surface area contributed by atoms with Crippen LogP contribution >= 0.6 is 0 Å². The molecule has 2 heterocycles. The molecule has 2 unspecified atom stereocenters. The Balaban J connectivity index is 2.07. The Morgan fingerprint density at radius 2 is 1.90 bits per heavy atom. The summed E-state index contributed by atoms with van der Waals surface area (Å²) in [5.41, 5.74) is -1.30. The standard InChI is InChI=1S/C15H27NO5/c1-14(2,3)21-13(17)16-11-7-15(18,5-6-19-4)8-12(16)10-20-9-11/h11-12,18H,5-10H2,1-4H3. The molecule has 1 N–H and O–H groups in total. The zero-order valence-electron chi connectivity index (χ0n) is 13.4. The number of morpholine rings is 1. The first kappa shape index (κ1) is 16.5. The van der Waals surface area contributed by atoms with Gasteiger partial charge in [-0.1, -0.05) is 0 Å². The van der Waals surface area contributed by atoms with E-state index in [1.807, 2.05) is 20.8 Å². The summed E-state index contributed by atoms with van der Waals surface area (Å²) < 4.78 is 16.1. The van der Waals surface area contributed by atoms with E-state index in [1.165, 1.54) is 0 Å². The van der Waals surface area contributed by atoms with Crippen LogP contribution in [0.3, 0.4) is 0 Å². The number of rotatable bonds is 3. The van der Waals surface area contributed by atoms with E-state index in [0.29, 0.717) is 39.1 Å². The third kappa shape index (κ3) is 4.08. The van der Waals surface area contributed by atoms with E-state index >= 15 is 0 Å². The topological polar surface area (TPSA) is 68.2 Å². The molecule has 2 atom stereocenters. The molecule has 21 heavy (non-hydrogen) atoms. The maximum absolute atomic E-state index is 12.4. The molecule has 6 heteroatoms. The summed E-state index contributed by atoms with van der Waals surface area (Å²) in [4.78, 5) is 14.2. The second-order valence-electron chi connectivity index (χ2n) is 7.11. The minimum Gasteiger partial charge on any atom is -0.444 e. The van der Waals surface area contributed by atoms with Gasteiger partial charge in [0.15, 0.2) is 0 Å². The smallest absolute Gasteiger partial charge is 0.410 e. The first-order chi connectivity index (χ1) is 9.74. The number of ether oxygens (including phenoxy) is 3. The summed E-state index contributed by atoms with van der Waals surface area (Å²) in [6.45, 7) is 6.99. The van der Waals surface area contributed by atoms with Crippen molar-refractivity contribution in [3.8, 4) is 0 Å². The second-order valence-corrected chi connectivity index (χ2v) is 7.11. The third-order valence-corrected chi connectivity index (χ3v) is 4.01. The monoisotopic (exact) mass is 301 g/mol. The van der Waals surface area contributed by atoms with Crippen molar-refractivity contribution in [1.82, 2.24) is 4.90 Å². The second kappa shape index (κ2) is 6.10. The van der Waals surface area contributed by atoms with Crippen molar-refractivity contribution < 1.29 is 24.1 Å². The van der Waals surface area contributed by atoms with Crippen LogP contribution in [0.5, 0.6) is 0 Å². The van der Waals surface area contributed by atoms with E-state index < -0.39 is 11.2 Å². The predicted octanol–water partition coefficient (Wildman–Crippen LogP) is 1.55. The number of aliphatic hydroxyl groups is 1. The van der Waals surface area contributed by atoms with Crippen LogP contribution in [0.15, 0.2) is 0 Å². The molecule has 122 valence electrons. The number of piperidine rings is 1. The average Bonchev–Trinajstić information content (AvgIpc) is 2.33. The van der Waals surface area contributed by atoms with Crippen LogP contribution in [-0.2, 0) is 14.2 Å². The van der Waals surface area contributed by atoms with Gasteiger partial charge in [-0.3, -0.25) is 4.90 Å². The zero-order valence-corrected chi connectivity index (χ0v) is 13.4. The lowest BCUT2D eigenvalue weighted by molar-refractivity contribution is -0.143. The molecule has 0 aromatic rings. The molecule has 0 aromatic carbocycles. The normalized spacial score (nSPS) is 32.9. The van der Waals surface area contributed by atoms with Crippen molar-refractivity contribution in [1.29, 1.82) is 0 Å². The van der Waals surface area contributed by atoms with E-state index in [9.17, 15) is 9.90 Å². The minimum atomic E-state index is -0.784. The van der Waals surface area contributed by atoms with E-state index in [4.69, 9.17) is 14.2 Å². The van der Waals surface area contributed by atoms with Crippen LogP contribution < -0.4 is 0 Å². The first-order valence-electron chi connectivity index (χ1n) is 7.54. The van der Waals surface area contributed by atoms with Gasteiger partial charge in [-0.05, 0) is 40.0 Å². The molecular weight excluding hydrogens is 274 g/mol. The SMILES string of the molecule is COCCC1(O)CC2COCC(C1)N2C(=O)OC(C)(C)C. The van der Waals surface area contributed by atoms with Crippen LogP contribution in [0.25, 0.3) is 0 Å². The van der Waals surface area contributed by atoms with Crippen LogP contribution in [0.1, 0.15) is 40.0 Å². The van der Waals surface area contributed by atoms with Gasteiger partial charge in [-0.2, -0.15) is 0 Å². The minimum absolute atomic E-state index is 0.130. The van der Waals surface area contributed by atoms with Gasteiger partial charge in [0, 0.05) is 13.7 Å². The van der Waals surface area contributed by atoms with Gasteiger partial charge in [-0.15, -0.1) is 0 Å². The van der Waals surface area contributed by atoms with Crippen molar-refractivity contribution >= 4 is 6.09 Å². The number of amides is 1. The molecule has 2 fully saturated rings. The zero-order chi connectivity index (χ0) is 15.7. The molecule has 2 aliphatic rings. The summed E-state index contributed by atoms with van der Waals surface area (Å²) in [6, 6.07) is -0.261. The molecule has 0 aromatic heterocycles. The number of fused-ring (bicyclic) bond motifs is 2. The lowest BCUT2D eigenvalue weighted by atomic mass is 9.79. The van der Waals surface area contributed by atoms with Crippen LogP contribution in [-0.4, -0.2) is 66.3 Å². The summed E-state index contributed by atoms with van der Waals surface area (Å²) in [5.74, 6) is 0. The molecule has 0 aliphatic carbocycles. The van der Waals surface area contributed by atoms with Gasteiger partial charge in [0.1, 0.15) is 5.60 Å². The Morgan fingerprint density at radius 3 is 2.38 bits per heavy atom. The van der Waals surface area contributed by atoms with Crippen molar-refractivity contribution in [2.24, 2.45) is 0 Å². The maximum Gasteiger partial charge on any atom is 0.410 e. The fourth-order valence-electron chi connectivity index (χ4n) is 3.18. The van der Waals surface area contributed by atoms with Crippen molar-refractivity contribution in [2.75, 3.05) is 26.9 Å². The molecular formula is C15H27NO5. The quantitative estimate of drug-likeness (QED) is 0.856. The van der Waals surface area contributed by atoms with E-state index in [0.717, 1.165) is 0 Å². The number of carbonyl (C=O) groups excluding carboxylic acids is 1. The Bertz CT molecular complexity index is 365. The maximum atomic E-state index is 12.4. The largest absolute Gasteiger partial charge is 0.444 e. The van der Waals surface area contributed by atoms with Crippen molar-refractivity contribution in [2.45, 2.75) is 63.3 Å². The molecule has 0 spiro atoms. The summed E-state index contributed by atoms with van der Waals surface area (Å²) in [7, 11) is 1.63. The number of hydrogen-bond donors (Lipinski definition) is 1. The Morgan fingerprint density at radius 1 is 1.33 bits per heavy atom. The molecule has 0 saturated carbocycles. The average molecular weight is 301 g/mol. The molecule has 2 aliphatic heterocycles. The van der Waals surface area contributed by atoms with Crippen molar-refractivity contribution in [3.05, 3.63) is 0 Å². The van der Waals surface area contributed by atoms with Gasteiger partial charge in [0.2, 0.25) is 0 Å². The highest BCUT2D eigenvalue weighted by atomic mass is 16.6. The first-order valence-corrected chi connectivity index (χ1v) is 7.54. The van der Waals surface area contributed by atoms with Crippen LogP contribution in [0.2, 0.25) is 0 Å². The lowest BCUT2D eigenvalue weighted by Crippen LogP contribution is -2.64. The van der Waals surface area contributed by atoms with Gasteiger partial charge >= 0.3 is 6.09 Å². The molecule has 1 amide bonds. The Kier molecular flexibility index (Phi) is 4.80. The highest BCUT2D eigenvalue weighted by Crippen LogP contribution is 2.37. The number of methoxy groups -OCH3 is 1. The van der Waals surface area contributed by atoms with E-state index in [2.05, 4.69) is 0 Å². The fourth-order valence-corrected chi connectivity index (χ4v) is 3.18. The van der Waals surface area contributed by atoms with Gasteiger partial charge in [0.05, 0.1) is 30.9 Å². The molecule has 2 rings (SSSR count). The summed E-state index contributed by atoms with van der Waals surface area (Å²) >= 11 is 0. The van der Waals surface area contributed by atoms with Gasteiger partial charge < -0.3 is 19.3 Å². The molecule has 2 bridgehead atoms. The molecule has 6 nitrogen and oxygen atoms in total. The highest BCUT2D eigenvalue weighted by Gasteiger charge is 2.48. The van der Waals surface area contributed by atoms with Gasteiger partial charge in [-0.25, -0.2) is 4.79 Å². The fraction of sp³-hybridized carbons (Fsp3) is 0.933. The number of hydrogen-bond acceptors (Lipinski definition) is 5. The van der Waals surface area contributed by atoms with Crippen molar-refractivity contribution in [3.63, 3.8) is 0 Å². The number of carbonyl (C=O) groups is 1. The predicted molar refractivity (Wildman–Crippen MR) is 77.1 cm³/mol. The van der Waals surface area contributed by atoms with E-state index in [1.54, 1.807) is 12.0 Å². The highest BCUT2D eigenvalue weighted by molar-refractivity contribution is 5.69. The van der Waals surface area contributed by atoms with Crippen LogP contribution in [0, 0.1) is 0 Å². The summed E-state index contributed by atoms with van der Waals surface area (Å²) in [5, 5.41) is 10.7. The Hall–Kier alpha value is -0.850. The Labute approximate surface area is 126 Å². The molecule has 2 saturated heterocycles. The van der Waals surface area contributed by atoms with Gasteiger partial charge in [0.25, 0.3) is 0 Å². The molecule has 0 radical (unpaired) electrons. The third-order valence-electron chi connectivity index (χ3n) is 4.01. The number of nitrogens with zero attached hydrogens (tertiary/aromatic N) is 1. The van der Waals surface area contributed by atoms with Crippen LogP contribution in [0.4, 0.5) is 4.79 Å².